The van der Waals surface area contributed by atoms with E-state index in [4.69, 9.17) is 9.47 Å². The quantitative estimate of drug-likeness (QED) is 0.477. The number of hydrogen-bond donors (Lipinski definition) is 1. The second-order valence-corrected chi connectivity index (χ2v) is 7.38. The van der Waals surface area contributed by atoms with Crippen LogP contribution >= 0.6 is 23.1 Å². The van der Waals surface area contributed by atoms with Crippen LogP contribution in [0.1, 0.15) is 15.9 Å². The third-order valence-electron chi connectivity index (χ3n) is 3.47. The minimum Gasteiger partial charge on any atom is -0.495 e. The molecule has 0 unspecified atom stereocenters. The number of methoxy groups -OCH3 is 2. The Morgan fingerprint density at radius 2 is 2.00 bits per heavy atom. The lowest BCUT2D eigenvalue weighted by molar-refractivity contribution is 0.0600. The van der Waals surface area contributed by atoms with E-state index >= 15 is 0 Å². The summed E-state index contributed by atoms with van der Waals surface area (Å²) in [7, 11) is 3.01. The number of esters is 1. The topological polar surface area (TPSA) is 73.3 Å². The maximum Gasteiger partial charge on any atom is 0.337 e. The molecule has 8 heteroatoms. The van der Waals surface area contributed by atoms with Gasteiger partial charge in [-0.1, -0.05) is 47.4 Å². The van der Waals surface area contributed by atoms with Gasteiger partial charge >= 0.3 is 5.97 Å². The number of anilines is 2. The molecule has 0 saturated carbocycles. The highest BCUT2D eigenvalue weighted by atomic mass is 32.2. The largest absolute Gasteiger partial charge is 0.495 e. The summed E-state index contributed by atoms with van der Waals surface area (Å²) in [6.45, 7) is 0. The monoisotopic (exact) mass is 387 g/mol. The van der Waals surface area contributed by atoms with Gasteiger partial charge in [0.1, 0.15) is 5.75 Å². The molecule has 6 nitrogen and oxygen atoms in total. The van der Waals surface area contributed by atoms with Crippen molar-refractivity contribution in [3.05, 3.63) is 59.7 Å². The van der Waals surface area contributed by atoms with Crippen LogP contribution < -0.4 is 10.1 Å². The highest BCUT2D eigenvalue weighted by Gasteiger charge is 2.10. The van der Waals surface area contributed by atoms with Crippen molar-refractivity contribution in [1.82, 2.24) is 10.2 Å². The maximum atomic E-state index is 11.6. The van der Waals surface area contributed by atoms with Crippen molar-refractivity contribution in [3.8, 4) is 5.75 Å². The number of aromatic nitrogens is 2. The van der Waals surface area contributed by atoms with Crippen LogP contribution in [-0.4, -0.2) is 30.4 Å². The van der Waals surface area contributed by atoms with E-state index in [2.05, 4.69) is 15.5 Å². The van der Waals surface area contributed by atoms with Crippen molar-refractivity contribution >= 4 is 39.9 Å². The molecule has 0 aliphatic heterocycles. The second kappa shape index (κ2) is 8.68. The van der Waals surface area contributed by atoms with Gasteiger partial charge in [0, 0.05) is 5.75 Å². The van der Waals surface area contributed by atoms with Crippen LogP contribution in [0.3, 0.4) is 0 Å². The molecule has 2 aromatic carbocycles. The second-order valence-electron chi connectivity index (χ2n) is 5.18. The molecule has 0 aliphatic carbocycles. The summed E-state index contributed by atoms with van der Waals surface area (Å²) in [6.07, 6.45) is 0. The number of carbonyl (C=O) groups excluding carboxylic acids is 1. The van der Waals surface area contributed by atoms with E-state index in [0.29, 0.717) is 16.4 Å². The summed E-state index contributed by atoms with van der Waals surface area (Å²) in [5, 5.41) is 12.3. The normalized spacial score (nSPS) is 10.4. The summed E-state index contributed by atoms with van der Waals surface area (Å²) in [4.78, 5) is 11.6. The Balaban J connectivity index is 1.63. The molecule has 3 aromatic rings. The zero-order chi connectivity index (χ0) is 18.4. The maximum absolute atomic E-state index is 11.6. The Bertz CT molecular complexity index is 899. The Hall–Kier alpha value is -2.58. The van der Waals surface area contributed by atoms with E-state index in [-0.39, 0.29) is 5.97 Å². The van der Waals surface area contributed by atoms with Gasteiger partial charge in [0.15, 0.2) is 4.34 Å². The molecule has 1 heterocycles. The average Bonchev–Trinajstić information content (AvgIpc) is 3.14. The molecule has 1 N–H and O–H groups in total. The third kappa shape index (κ3) is 4.53. The molecule has 0 fully saturated rings. The van der Waals surface area contributed by atoms with Crippen LogP contribution in [0.4, 0.5) is 10.8 Å². The highest BCUT2D eigenvalue weighted by molar-refractivity contribution is 8.00. The fourth-order valence-electron chi connectivity index (χ4n) is 2.23. The van der Waals surface area contributed by atoms with Crippen LogP contribution in [-0.2, 0) is 10.5 Å². The Kier molecular flexibility index (Phi) is 6.08. The minimum atomic E-state index is -0.337. The van der Waals surface area contributed by atoms with E-state index in [9.17, 15) is 4.79 Å². The molecule has 0 bridgehead atoms. The summed E-state index contributed by atoms with van der Waals surface area (Å²) in [5.74, 6) is 1.10. The fourth-order valence-corrected chi connectivity index (χ4v) is 3.94. The molecule has 0 spiro atoms. The fraction of sp³-hybridized carbons (Fsp3) is 0.167. The SMILES string of the molecule is COC(=O)c1cccc(CSc2nnc(Nc3ccccc3OC)s2)c1. The molecule has 134 valence electrons. The summed E-state index contributed by atoms with van der Waals surface area (Å²) < 4.78 is 10.9. The van der Waals surface area contributed by atoms with Crippen LogP contribution in [0.5, 0.6) is 5.75 Å². The number of benzene rings is 2. The standard InChI is InChI=1S/C18H17N3O3S2/c1-23-15-9-4-3-8-14(15)19-17-20-21-18(26-17)25-11-12-6-5-7-13(10-12)16(22)24-2/h3-10H,11H2,1-2H3,(H,19,20). The first kappa shape index (κ1) is 18.2. The first-order chi connectivity index (χ1) is 12.7. The van der Waals surface area contributed by atoms with Gasteiger partial charge in [-0.05, 0) is 29.8 Å². The molecular formula is C18H17N3O3S2. The molecule has 3 rings (SSSR count). The number of nitrogens with zero attached hydrogens (tertiary/aromatic N) is 2. The predicted molar refractivity (Wildman–Crippen MR) is 104 cm³/mol. The van der Waals surface area contributed by atoms with Crippen LogP contribution in [0.25, 0.3) is 0 Å². The van der Waals surface area contributed by atoms with Crippen molar-refractivity contribution in [1.29, 1.82) is 0 Å². The number of ether oxygens (including phenoxy) is 2. The molecule has 26 heavy (non-hydrogen) atoms. The van der Waals surface area contributed by atoms with Crippen molar-refractivity contribution < 1.29 is 14.3 Å². The van der Waals surface area contributed by atoms with Gasteiger partial charge in [-0.15, -0.1) is 10.2 Å². The summed E-state index contributed by atoms with van der Waals surface area (Å²) in [5.41, 5.74) is 2.40. The van der Waals surface area contributed by atoms with Crippen molar-refractivity contribution in [3.63, 3.8) is 0 Å². The van der Waals surface area contributed by atoms with Crippen molar-refractivity contribution in [2.24, 2.45) is 0 Å². The van der Waals surface area contributed by atoms with E-state index < -0.39 is 0 Å². The number of carbonyl (C=O) groups is 1. The molecule has 0 amide bonds. The minimum absolute atomic E-state index is 0.337. The van der Waals surface area contributed by atoms with Crippen LogP contribution in [0.15, 0.2) is 52.9 Å². The third-order valence-corrected chi connectivity index (χ3v) is 5.51. The molecule has 0 aliphatic rings. The highest BCUT2D eigenvalue weighted by Crippen LogP contribution is 2.32. The van der Waals surface area contributed by atoms with E-state index in [1.165, 1.54) is 18.4 Å². The predicted octanol–water partition coefficient (Wildman–Crippen LogP) is 4.37. The van der Waals surface area contributed by atoms with Gasteiger partial charge in [0.2, 0.25) is 5.13 Å². The smallest absolute Gasteiger partial charge is 0.337 e. The number of nitrogens with one attached hydrogen (secondary N) is 1. The Labute approximate surface area is 159 Å². The van der Waals surface area contributed by atoms with E-state index in [0.717, 1.165) is 21.3 Å². The zero-order valence-electron chi connectivity index (χ0n) is 14.3. The van der Waals surface area contributed by atoms with Crippen molar-refractivity contribution in [2.45, 2.75) is 10.1 Å². The lowest BCUT2D eigenvalue weighted by Crippen LogP contribution is -2.01. The number of thioether (sulfide) groups is 1. The van der Waals surface area contributed by atoms with Gasteiger partial charge in [-0.25, -0.2) is 4.79 Å². The van der Waals surface area contributed by atoms with Crippen LogP contribution in [0, 0.1) is 0 Å². The summed E-state index contributed by atoms with van der Waals surface area (Å²) >= 11 is 3.03. The van der Waals surface area contributed by atoms with E-state index in [1.54, 1.807) is 24.9 Å². The van der Waals surface area contributed by atoms with Gasteiger partial charge in [0.05, 0.1) is 25.5 Å². The zero-order valence-corrected chi connectivity index (χ0v) is 15.9. The molecule has 0 atom stereocenters. The molecule has 0 radical (unpaired) electrons. The van der Waals surface area contributed by atoms with Gasteiger partial charge < -0.3 is 14.8 Å². The van der Waals surface area contributed by atoms with Crippen LogP contribution in [0.2, 0.25) is 0 Å². The Morgan fingerprint density at radius 3 is 2.81 bits per heavy atom. The van der Waals surface area contributed by atoms with E-state index in [1.807, 2.05) is 42.5 Å². The van der Waals surface area contributed by atoms with Crippen molar-refractivity contribution in [2.75, 3.05) is 19.5 Å². The lowest BCUT2D eigenvalue weighted by atomic mass is 10.1. The van der Waals surface area contributed by atoms with Gasteiger partial charge in [0.25, 0.3) is 0 Å². The first-order valence-corrected chi connectivity index (χ1v) is 9.53. The number of para-hydroxylation sites is 2. The van der Waals surface area contributed by atoms with Gasteiger partial charge in [-0.3, -0.25) is 0 Å². The number of rotatable bonds is 7. The first-order valence-electron chi connectivity index (χ1n) is 7.73. The molecule has 1 aromatic heterocycles. The Morgan fingerprint density at radius 1 is 1.15 bits per heavy atom. The molecule has 0 saturated heterocycles. The average molecular weight is 387 g/mol. The van der Waals surface area contributed by atoms with Gasteiger partial charge in [-0.2, -0.15) is 0 Å². The number of hydrogen-bond acceptors (Lipinski definition) is 8. The molecular weight excluding hydrogens is 370 g/mol. The lowest BCUT2D eigenvalue weighted by Gasteiger charge is -2.07. The summed E-state index contributed by atoms with van der Waals surface area (Å²) in [6, 6.07) is 15.0.